The number of benzene rings is 1. The van der Waals surface area contributed by atoms with Gasteiger partial charge >= 0.3 is 5.97 Å². The maximum Gasteiger partial charge on any atom is 0.336 e. The van der Waals surface area contributed by atoms with Crippen LogP contribution in [0.3, 0.4) is 0 Å². The molecule has 0 saturated carbocycles. The third kappa shape index (κ3) is 4.77. The molecule has 0 fully saturated rings. The van der Waals surface area contributed by atoms with E-state index in [1.54, 1.807) is 0 Å². The van der Waals surface area contributed by atoms with Crippen LogP contribution in [0.25, 0.3) is 0 Å². The van der Waals surface area contributed by atoms with Crippen molar-refractivity contribution in [1.29, 1.82) is 0 Å². The molecule has 0 radical (unpaired) electrons. The van der Waals surface area contributed by atoms with Gasteiger partial charge in [-0.1, -0.05) is 0 Å². The van der Waals surface area contributed by atoms with Crippen LogP contribution >= 0.6 is 0 Å². The molecule has 2 N–H and O–H groups in total. The molecule has 21 heavy (non-hydrogen) atoms. The second kappa shape index (κ2) is 6.52. The minimum Gasteiger partial charge on any atom is -0.467 e. The first-order valence-corrected chi connectivity index (χ1v) is 9.01. The van der Waals surface area contributed by atoms with E-state index in [1.807, 2.05) is 4.72 Å². The summed E-state index contributed by atoms with van der Waals surface area (Å²) in [6.45, 7) is -0.553. The molecule has 0 aliphatic heterocycles. The first-order chi connectivity index (χ1) is 9.58. The van der Waals surface area contributed by atoms with Gasteiger partial charge in [-0.05, 0) is 24.3 Å². The van der Waals surface area contributed by atoms with Gasteiger partial charge in [0, 0.05) is 12.8 Å². The van der Waals surface area contributed by atoms with Gasteiger partial charge in [0.2, 0.25) is 10.0 Å². The number of sulfone groups is 1. The first-order valence-electron chi connectivity index (χ1n) is 5.63. The Kier molecular flexibility index (Phi) is 5.45. The van der Waals surface area contributed by atoms with E-state index in [4.69, 9.17) is 0 Å². The maximum atomic E-state index is 11.9. The number of hydrogen-bond donors (Lipinski definition) is 2. The van der Waals surface area contributed by atoms with Crippen molar-refractivity contribution in [2.24, 2.45) is 0 Å². The predicted octanol–water partition coefficient (Wildman–Crippen LogP) is -1.10. The molecule has 0 aliphatic rings. The highest BCUT2D eigenvalue weighted by atomic mass is 32.2. The molecular formula is C11H15NO7S2. The monoisotopic (exact) mass is 337 g/mol. The van der Waals surface area contributed by atoms with Gasteiger partial charge in [-0.15, -0.1) is 0 Å². The Balaban J connectivity index is 2.87. The van der Waals surface area contributed by atoms with E-state index in [-0.39, 0.29) is 9.79 Å². The summed E-state index contributed by atoms with van der Waals surface area (Å²) in [7, 11) is -6.33. The number of carbonyl (C=O) groups is 1. The third-order valence-corrected chi connectivity index (χ3v) is 5.07. The van der Waals surface area contributed by atoms with Crippen LogP contribution in [-0.2, 0) is 29.4 Å². The molecule has 0 spiro atoms. The van der Waals surface area contributed by atoms with Crippen molar-refractivity contribution in [3.63, 3.8) is 0 Å². The van der Waals surface area contributed by atoms with Crippen LogP contribution in [0.1, 0.15) is 0 Å². The summed E-state index contributed by atoms with van der Waals surface area (Å²) >= 11 is 0. The lowest BCUT2D eigenvalue weighted by molar-refractivity contribution is -0.149. The van der Waals surface area contributed by atoms with Crippen LogP contribution in [0.15, 0.2) is 34.1 Å². The largest absolute Gasteiger partial charge is 0.467 e. The van der Waals surface area contributed by atoms with Gasteiger partial charge in [-0.2, -0.15) is 0 Å². The summed E-state index contributed by atoms with van der Waals surface area (Å²) in [5, 5.41) is 9.30. The zero-order valence-electron chi connectivity index (χ0n) is 11.3. The minimum atomic E-state index is -3.97. The Bertz CT molecular complexity index is 707. The smallest absolute Gasteiger partial charge is 0.336 e. The molecule has 0 amide bonds. The topological polar surface area (TPSA) is 127 Å². The van der Waals surface area contributed by atoms with Crippen molar-refractivity contribution in [3.8, 4) is 0 Å². The fourth-order valence-corrected chi connectivity index (χ4v) is 3.03. The molecule has 0 aliphatic carbocycles. The van der Waals surface area contributed by atoms with E-state index in [2.05, 4.69) is 4.74 Å². The van der Waals surface area contributed by atoms with Gasteiger partial charge in [0.15, 0.2) is 15.9 Å². The molecule has 1 aromatic rings. The lowest BCUT2D eigenvalue weighted by Crippen LogP contribution is -2.37. The summed E-state index contributed by atoms with van der Waals surface area (Å²) in [5.74, 6) is -0.967. The third-order valence-electron chi connectivity index (χ3n) is 2.50. The molecule has 10 heteroatoms. The van der Waals surface area contributed by atoms with Crippen LogP contribution in [0.4, 0.5) is 0 Å². The van der Waals surface area contributed by atoms with Crippen molar-refractivity contribution in [1.82, 2.24) is 4.72 Å². The predicted molar refractivity (Wildman–Crippen MR) is 72.8 cm³/mol. The summed E-state index contributed by atoms with van der Waals surface area (Å²) in [4.78, 5) is 10.7. The highest BCUT2D eigenvalue weighted by molar-refractivity contribution is 7.90. The van der Waals surface area contributed by atoms with Gasteiger partial charge in [-0.3, -0.25) is 0 Å². The molecule has 1 aromatic carbocycles. The Morgan fingerprint density at radius 2 is 1.67 bits per heavy atom. The Morgan fingerprint density at radius 3 is 2.10 bits per heavy atom. The molecule has 0 bridgehead atoms. The number of rotatable bonds is 6. The molecule has 0 heterocycles. The highest BCUT2D eigenvalue weighted by Crippen LogP contribution is 2.14. The molecular weight excluding hydrogens is 322 g/mol. The number of carbonyl (C=O) groups excluding carboxylic acids is 1. The van der Waals surface area contributed by atoms with Crippen LogP contribution in [0.5, 0.6) is 0 Å². The Labute approximate surface area is 122 Å². The molecule has 0 saturated heterocycles. The number of ether oxygens (including phenoxy) is 1. The van der Waals surface area contributed by atoms with Gasteiger partial charge in [-0.25, -0.2) is 26.4 Å². The fraction of sp³-hybridized carbons (Fsp3) is 0.364. The van der Waals surface area contributed by atoms with Crippen LogP contribution in [-0.4, -0.2) is 53.9 Å². The van der Waals surface area contributed by atoms with Gasteiger partial charge in [0.25, 0.3) is 0 Å². The normalized spacial score (nSPS) is 13.7. The summed E-state index contributed by atoms with van der Waals surface area (Å²) < 4.78 is 52.6. The summed E-state index contributed by atoms with van der Waals surface area (Å²) in [6.07, 6.45) is -0.623. The second-order valence-corrected chi connectivity index (χ2v) is 7.92. The lowest BCUT2D eigenvalue weighted by atomic mass is 10.4. The zero-order valence-corrected chi connectivity index (χ0v) is 12.9. The van der Waals surface area contributed by atoms with E-state index in [9.17, 15) is 26.7 Å². The number of sulfonamides is 1. The van der Waals surface area contributed by atoms with Crippen molar-refractivity contribution >= 4 is 25.8 Å². The number of aliphatic hydroxyl groups excluding tert-OH is 1. The quantitative estimate of drug-likeness (QED) is 0.631. The Morgan fingerprint density at radius 1 is 1.19 bits per heavy atom. The summed E-state index contributed by atoms with van der Waals surface area (Å²) in [6, 6.07) is 4.54. The molecule has 8 nitrogen and oxygen atoms in total. The summed E-state index contributed by atoms with van der Waals surface area (Å²) in [5.41, 5.74) is 0. The maximum absolute atomic E-state index is 11.9. The van der Waals surface area contributed by atoms with Crippen molar-refractivity contribution in [3.05, 3.63) is 24.3 Å². The first kappa shape index (κ1) is 17.6. The lowest BCUT2D eigenvalue weighted by Gasteiger charge is -2.10. The van der Waals surface area contributed by atoms with E-state index >= 15 is 0 Å². The fourth-order valence-electron chi connectivity index (χ4n) is 1.36. The molecule has 0 aromatic heterocycles. The van der Waals surface area contributed by atoms with E-state index in [0.29, 0.717) is 0 Å². The molecule has 1 rings (SSSR count). The number of aliphatic hydroxyl groups is 1. The molecule has 1 unspecified atom stereocenters. The number of hydrogen-bond acceptors (Lipinski definition) is 7. The number of esters is 1. The zero-order chi connectivity index (χ0) is 16.3. The van der Waals surface area contributed by atoms with E-state index in [0.717, 1.165) is 37.6 Å². The van der Waals surface area contributed by atoms with Crippen molar-refractivity contribution in [2.75, 3.05) is 19.9 Å². The Hall–Kier alpha value is -1.49. The number of nitrogens with one attached hydrogen (secondary N) is 1. The van der Waals surface area contributed by atoms with Crippen molar-refractivity contribution < 1.29 is 31.5 Å². The van der Waals surface area contributed by atoms with Gasteiger partial charge in [0.05, 0.1) is 16.9 Å². The highest BCUT2D eigenvalue weighted by Gasteiger charge is 2.21. The van der Waals surface area contributed by atoms with E-state index in [1.165, 1.54) is 0 Å². The van der Waals surface area contributed by atoms with Crippen LogP contribution in [0, 0.1) is 0 Å². The number of methoxy groups -OCH3 is 1. The van der Waals surface area contributed by atoms with Crippen LogP contribution in [0.2, 0.25) is 0 Å². The molecule has 1 atom stereocenters. The molecule has 118 valence electrons. The van der Waals surface area contributed by atoms with Gasteiger partial charge < -0.3 is 9.84 Å². The van der Waals surface area contributed by atoms with E-state index < -0.39 is 38.5 Å². The van der Waals surface area contributed by atoms with Gasteiger partial charge in [0.1, 0.15) is 0 Å². The average molecular weight is 337 g/mol. The SMILES string of the molecule is COC(=O)C(O)CNS(=O)(=O)c1ccc(S(C)(=O)=O)cc1. The van der Waals surface area contributed by atoms with Crippen LogP contribution < -0.4 is 4.72 Å². The average Bonchev–Trinajstić information content (AvgIpc) is 2.43. The van der Waals surface area contributed by atoms with Crippen molar-refractivity contribution in [2.45, 2.75) is 15.9 Å². The second-order valence-electron chi connectivity index (χ2n) is 4.13. The standard InChI is InChI=1S/C11H15NO7S2/c1-19-11(14)10(13)7-12-21(17,18)9-5-3-8(4-6-9)20(2,15)16/h3-6,10,12-13H,7H2,1-2H3. The minimum absolute atomic E-state index is 0.0176.